The zero-order valence-corrected chi connectivity index (χ0v) is 7.86. The second-order valence-corrected chi connectivity index (χ2v) is 2.75. The molecular formula is C9H15N3O. The molecule has 1 aromatic heterocycles. The maximum absolute atomic E-state index is 5.43. The fraction of sp³-hybridized carbons (Fsp3) is 0.556. The third-order valence-electron chi connectivity index (χ3n) is 1.69. The van der Waals surface area contributed by atoms with E-state index in [0.29, 0.717) is 13.2 Å². The van der Waals surface area contributed by atoms with Crippen molar-refractivity contribution in [3.05, 3.63) is 23.8 Å². The van der Waals surface area contributed by atoms with E-state index >= 15 is 0 Å². The molecule has 0 bridgehead atoms. The van der Waals surface area contributed by atoms with Crippen LogP contribution in [0.4, 0.5) is 0 Å². The van der Waals surface area contributed by atoms with Gasteiger partial charge < -0.3 is 10.5 Å². The Morgan fingerprint density at radius 3 is 3.00 bits per heavy atom. The van der Waals surface area contributed by atoms with Crippen LogP contribution in [0.1, 0.15) is 11.5 Å². The number of hydrogen-bond acceptors (Lipinski definition) is 4. The first-order chi connectivity index (χ1) is 6.36. The van der Waals surface area contributed by atoms with Crippen molar-refractivity contribution < 1.29 is 4.74 Å². The van der Waals surface area contributed by atoms with Crippen LogP contribution in [0.15, 0.2) is 12.3 Å². The molecule has 4 nitrogen and oxygen atoms in total. The van der Waals surface area contributed by atoms with Crippen LogP contribution in [-0.2, 0) is 17.6 Å². The Morgan fingerprint density at radius 1 is 1.46 bits per heavy atom. The number of ether oxygens (including phenoxy) is 1. The second-order valence-electron chi connectivity index (χ2n) is 2.75. The summed E-state index contributed by atoms with van der Waals surface area (Å²) in [6.45, 7) is 1.28. The largest absolute Gasteiger partial charge is 0.384 e. The van der Waals surface area contributed by atoms with E-state index in [2.05, 4.69) is 9.97 Å². The van der Waals surface area contributed by atoms with Crippen molar-refractivity contribution >= 4 is 0 Å². The number of rotatable bonds is 5. The first-order valence-electron chi connectivity index (χ1n) is 4.36. The van der Waals surface area contributed by atoms with Gasteiger partial charge in [0.15, 0.2) is 0 Å². The number of aromatic nitrogens is 2. The SMILES string of the molecule is COCCc1nccc(CCN)n1. The van der Waals surface area contributed by atoms with Crippen LogP contribution in [0.3, 0.4) is 0 Å². The number of hydrogen-bond donors (Lipinski definition) is 1. The van der Waals surface area contributed by atoms with Gasteiger partial charge in [0.25, 0.3) is 0 Å². The predicted molar refractivity (Wildman–Crippen MR) is 50.4 cm³/mol. The Labute approximate surface area is 78.1 Å². The third-order valence-corrected chi connectivity index (χ3v) is 1.69. The summed E-state index contributed by atoms with van der Waals surface area (Å²) >= 11 is 0. The molecule has 0 saturated heterocycles. The van der Waals surface area contributed by atoms with E-state index in [1.54, 1.807) is 13.3 Å². The zero-order valence-electron chi connectivity index (χ0n) is 7.86. The van der Waals surface area contributed by atoms with E-state index in [-0.39, 0.29) is 0 Å². The topological polar surface area (TPSA) is 61.0 Å². The molecule has 0 spiro atoms. The summed E-state index contributed by atoms with van der Waals surface area (Å²) in [5.74, 6) is 0.827. The normalized spacial score (nSPS) is 10.3. The van der Waals surface area contributed by atoms with E-state index in [1.165, 1.54) is 0 Å². The molecule has 0 aromatic carbocycles. The quantitative estimate of drug-likeness (QED) is 0.703. The van der Waals surface area contributed by atoms with Crippen molar-refractivity contribution in [1.82, 2.24) is 9.97 Å². The highest BCUT2D eigenvalue weighted by atomic mass is 16.5. The van der Waals surface area contributed by atoms with Crippen LogP contribution < -0.4 is 5.73 Å². The molecule has 1 aromatic rings. The maximum atomic E-state index is 5.43. The highest BCUT2D eigenvalue weighted by molar-refractivity contribution is 5.02. The first kappa shape index (κ1) is 10.1. The van der Waals surface area contributed by atoms with Gasteiger partial charge in [0.05, 0.1) is 6.61 Å². The van der Waals surface area contributed by atoms with Gasteiger partial charge in [0.2, 0.25) is 0 Å². The highest BCUT2D eigenvalue weighted by Crippen LogP contribution is 1.97. The summed E-state index contributed by atoms with van der Waals surface area (Å²) in [6.07, 6.45) is 3.33. The summed E-state index contributed by atoms with van der Waals surface area (Å²) in [5.41, 5.74) is 6.43. The Hall–Kier alpha value is -1.00. The fourth-order valence-electron chi connectivity index (χ4n) is 1.04. The predicted octanol–water partition coefficient (Wildman–Crippen LogP) is 0.167. The fourth-order valence-corrected chi connectivity index (χ4v) is 1.04. The molecule has 72 valence electrons. The zero-order chi connectivity index (χ0) is 9.52. The average Bonchev–Trinajstić information content (AvgIpc) is 2.16. The minimum atomic E-state index is 0.626. The number of nitrogens with two attached hydrogens (primary N) is 1. The van der Waals surface area contributed by atoms with Gasteiger partial charge in [-0.3, -0.25) is 0 Å². The van der Waals surface area contributed by atoms with Gasteiger partial charge in [0.1, 0.15) is 5.82 Å². The van der Waals surface area contributed by atoms with Crippen molar-refractivity contribution in [3.8, 4) is 0 Å². The van der Waals surface area contributed by atoms with E-state index in [0.717, 1.165) is 24.4 Å². The summed E-state index contributed by atoms with van der Waals surface area (Å²) in [6, 6.07) is 1.89. The lowest BCUT2D eigenvalue weighted by atomic mass is 10.3. The van der Waals surface area contributed by atoms with Crippen LogP contribution in [0.25, 0.3) is 0 Å². The average molecular weight is 181 g/mol. The second kappa shape index (κ2) is 5.61. The molecule has 0 saturated carbocycles. The smallest absolute Gasteiger partial charge is 0.130 e. The molecule has 0 aliphatic carbocycles. The van der Waals surface area contributed by atoms with E-state index in [1.807, 2.05) is 6.07 Å². The van der Waals surface area contributed by atoms with E-state index in [4.69, 9.17) is 10.5 Å². The first-order valence-corrected chi connectivity index (χ1v) is 4.36. The lowest BCUT2D eigenvalue weighted by Crippen LogP contribution is -2.07. The Bertz CT molecular complexity index is 252. The van der Waals surface area contributed by atoms with Crippen LogP contribution >= 0.6 is 0 Å². The molecule has 0 atom stereocenters. The van der Waals surface area contributed by atoms with Crippen molar-refractivity contribution in [2.24, 2.45) is 5.73 Å². The van der Waals surface area contributed by atoms with Crippen molar-refractivity contribution in [2.45, 2.75) is 12.8 Å². The summed E-state index contributed by atoms with van der Waals surface area (Å²) in [5, 5.41) is 0. The lowest BCUT2D eigenvalue weighted by Gasteiger charge is -2.01. The molecule has 0 aliphatic heterocycles. The molecule has 2 N–H and O–H groups in total. The maximum Gasteiger partial charge on any atom is 0.130 e. The van der Waals surface area contributed by atoms with Crippen molar-refractivity contribution in [2.75, 3.05) is 20.3 Å². The Morgan fingerprint density at radius 2 is 2.31 bits per heavy atom. The Balaban J connectivity index is 2.56. The molecule has 4 heteroatoms. The number of methoxy groups -OCH3 is 1. The monoisotopic (exact) mass is 181 g/mol. The van der Waals surface area contributed by atoms with Crippen LogP contribution in [0, 0.1) is 0 Å². The molecule has 13 heavy (non-hydrogen) atoms. The van der Waals surface area contributed by atoms with Crippen molar-refractivity contribution in [3.63, 3.8) is 0 Å². The van der Waals surface area contributed by atoms with Crippen LogP contribution in [-0.4, -0.2) is 30.2 Å². The molecule has 0 radical (unpaired) electrons. The molecular weight excluding hydrogens is 166 g/mol. The summed E-state index contributed by atoms with van der Waals surface area (Å²) in [7, 11) is 1.67. The molecule has 0 aliphatic rings. The minimum absolute atomic E-state index is 0.626. The van der Waals surface area contributed by atoms with Gasteiger partial charge in [-0.1, -0.05) is 0 Å². The summed E-state index contributed by atoms with van der Waals surface area (Å²) in [4.78, 5) is 8.46. The van der Waals surface area contributed by atoms with Gasteiger partial charge >= 0.3 is 0 Å². The van der Waals surface area contributed by atoms with Gasteiger partial charge in [-0.15, -0.1) is 0 Å². The van der Waals surface area contributed by atoms with E-state index < -0.39 is 0 Å². The molecule has 1 rings (SSSR count). The van der Waals surface area contributed by atoms with E-state index in [9.17, 15) is 0 Å². The Kier molecular flexibility index (Phi) is 4.35. The van der Waals surface area contributed by atoms with Crippen LogP contribution in [0.2, 0.25) is 0 Å². The van der Waals surface area contributed by atoms with Gasteiger partial charge in [-0.25, -0.2) is 9.97 Å². The molecule has 0 unspecified atom stereocenters. The number of nitrogens with zero attached hydrogens (tertiary/aromatic N) is 2. The summed E-state index contributed by atoms with van der Waals surface area (Å²) < 4.78 is 4.94. The van der Waals surface area contributed by atoms with Crippen LogP contribution in [0.5, 0.6) is 0 Å². The molecule has 1 heterocycles. The standard InChI is InChI=1S/C9H15N3O/c1-13-7-4-9-11-6-3-8(12-9)2-5-10/h3,6H,2,4-5,7,10H2,1H3. The van der Waals surface area contributed by atoms with Crippen molar-refractivity contribution in [1.29, 1.82) is 0 Å². The van der Waals surface area contributed by atoms with Gasteiger partial charge in [-0.2, -0.15) is 0 Å². The minimum Gasteiger partial charge on any atom is -0.384 e. The van der Waals surface area contributed by atoms with Gasteiger partial charge in [-0.05, 0) is 12.6 Å². The third kappa shape index (κ3) is 3.48. The lowest BCUT2D eigenvalue weighted by molar-refractivity contribution is 0.200. The highest BCUT2D eigenvalue weighted by Gasteiger charge is 1.97. The molecule has 0 fully saturated rings. The molecule has 0 amide bonds. The van der Waals surface area contributed by atoms with Gasteiger partial charge in [0, 0.05) is 31.8 Å².